The molecule has 10 heteroatoms. The number of hydrogen-bond acceptors (Lipinski definition) is 6. The Bertz CT molecular complexity index is 1180. The summed E-state index contributed by atoms with van der Waals surface area (Å²) in [5.41, 5.74) is 2.18. The van der Waals surface area contributed by atoms with Crippen LogP contribution in [0.15, 0.2) is 53.0 Å². The molecule has 0 bridgehead atoms. The highest BCUT2D eigenvalue weighted by Gasteiger charge is 2.16. The van der Waals surface area contributed by atoms with Crippen LogP contribution in [0.1, 0.15) is 0 Å². The van der Waals surface area contributed by atoms with Gasteiger partial charge in [-0.15, -0.1) is 21.5 Å². The van der Waals surface area contributed by atoms with Crippen molar-refractivity contribution in [2.45, 2.75) is 5.16 Å². The lowest BCUT2D eigenvalue weighted by Gasteiger charge is -2.10. The van der Waals surface area contributed by atoms with E-state index in [1.807, 2.05) is 9.78 Å². The Hall–Kier alpha value is -2.62. The summed E-state index contributed by atoms with van der Waals surface area (Å²) >= 11 is 8.68. The molecule has 1 amide bonds. The predicted molar refractivity (Wildman–Crippen MR) is 114 cm³/mol. The summed E-state index contributed by atoms with van der Waals surface area (Å²) in [4.78, 5) is 13.1. The maximum absolute atomic E-state index is 13.2. The topological polar surface area (TPSA) is 68.5 Å². The molecule has 29 heavy (non-hydrogen) atoms. The standard InChI is InChI=1S/C19H14ClFN4O2S2/c1-27-16-7-4-12(20)8-14(16)22-17(26)10-29-19-24-23-18-25(19)15(9-28-18)11-2-5-13(21)6-3-11/h2-9H,10H2,1H3,(H,22,26). The Morgan fingerprint density at radius 1 is 1.28 bits per heavy atom. The molecule has 148 valence electrons. The van der Waals surface area contributed by atoms with Gasteiger partial charge in [0.05, 0.1) is 24.2 Å². The van der Waals surface area contributed by atoms with Gasteiger partial charge < -0.3 is 10.1 Å². The number of hydrogen-bond donors (Lipinski definition) is 1. The molecule has 2 aromatic carbocycles. The molecule has 0 fully saturated rings. The highest BCUT2D eigenvalue weighted by molar-refractivity contribution is 7.99. The molecular weight excluding hydrogens is 435 g/mol. The molecular formula is C19H14ClFN4O2S2. The summed E-state index contributed by atoms with van der Waals surface area (Å²) in [5, 5.41) is 14.1. The van der Waals surface area contributed by atoms with Crippen molar-refractivity contribution >= 4 is 51.3 Å². The van der Waals surface area contributed by atoms with Crippen molar-refractivity contribution in [2.24, 2.45) is 0 Å². The second kappa shape index (κ2) is 8.40. The van der Waals surface area contributed by atoms with Gasteiger partial charge in [0.25, 0.3) is 0 Å². The van der Waals surface area contributed by atoms with Gasteiger partial charge in [0.15, 0.2) is 5.16 Å². The second-order valence-corrected chi connectivity index (χ2v) is 8.13. The molecule has 2 aromatic heterocycles. The van der Waals surface area contributed by atoms with E-state index >= 15 is 0 Å². The lowest BCUT2D eigenvalue weighted by atomic mass is 10.2. The van der Waals surface area contributed by atoms with Crippen LogP contribution in [0, 0.1) is 5.82 Å². The zero-order valence-corrected chi connectivity index (χ0v) is 17.4. The monoisotopic (exact) mass is 448 g/mol. The molecule has 0 saturated carbocycles. The zero-order chi connectivity index (χ0) is 20.4. The van der Waals surface area contributed by atoms with Crippen LogP contribution in [0.5, 0.6) is 5.75 Å². The lowest BCUT2D eigenvalue weighted by Crippen LogP contribution is -2.15. The van der Waals surface area contributed by atoms with Gasteiger partial charge in [-0.2, -0.15) is 0 Å². The molecule has 0 atom stereocenters. The quantitative estimate of drug-likeness (QED) is 0.421. The van der Waals surface area contributed by atoms with Gasteiger partial charge in [0.2, 0.25) is 10.9 Å². The van der Waals surface area contributed by atoms with Gasteiger partial charge in [-0.1, -0.05) is 23.4 Å². The average Bonchev–Trinajstić information content (AvgIpc) is 3.30. The normalized spacial score (nSPS) is 11.0. The van der Waals surface area contributed by atoms with E-state index in [0.29, 0.717) is 26.6 Å². The van der Waals surface area contributed by atoms with Crippen molar-refractivity contribution in [3.63, 3.8) is 0 Å². The molecule has 0 aliphatic carbocycles. The number of fused-ring (bicyclic) bond motifs is 1. The number of benzene rings is 2. The largest absolute Gasteiger partial charge is 0.495 e. The average molecular weight is 449 g/mol. The van der Waals surface area contributed by atoms with Gasteiger partial charge in [-0.3, -0.25) is 9.20 Å². The Morgan fingerprint density at radius 3 is 2.83 bits per heavy atom. The molecule has 2 heterocycles. The van der Waals surface area contributed by atoms with Crippen LogP contribution in [0.25, 0.3) is 16.2 Å². The number of nitrogens with zero attached hydrogens (tertiary/aromatic N) is 3. The summed E-state index contributed by atoms with van der Waals surface area (Å²) in [7, 11) is 1.52. The first kappa shape index (κ1) is 19.7. The first-order chi connectivity index (χ1) is 14.0. The summed E-state index contributed by atoms with van der Waals surface area (Å²) in [6, 6.07) is 11.2. The van der Waals surface area contributed by atoms with Gasteiger partial charge in [0, 0.05) is 10.4 Å². The highest BCUT2D eigenvalue weighted by atomic mass is 35.5. The summed E-state index contributed by atoms with van der Waals surface area (Å²) in [5.74, 6) is 0.112. The third kappa shape index (κ3) is 4.21. The van der Waals surface area contributed by atoms with Gasteiger partial charge >= 0.3 is 0 Å². The number of aromatic nitrogens is 3. The zero-order valence-electron chi connectivity index (χ0n) is 15.1. The van der Waals surface area contributed by atoms with Crippen LogP contribution in [-0.4, -0.2) is 33.4 Å². The number of anilines is 1. The van der Waals surface area contributed by atoms with E-state index in [2.05, 4.69) is 15.5 Å². The first-order valence-corrected chi connectivity index (χ1v) is 10.6. The van der Waals surface area contributed by atoms with E-state index in [1.54, 1.807) is 30.3 Å². The van der Waals surface area contributed by atoms with E-state index in [9.17, 15) is 9.18 Å². The number of halogens is 2. The number of thiazole rings is 1. The molecule has 0 aliphatic heterocycles. The van der Waals surface area contributed by atoms with Crippen molar-refractivity contribution in [1.29, 1.82) is 0 Å². The van der Waals surface area contributed by atoms with Crippen molar-refractivity contribution in [2.75, 3.05) is 18.2 Å². The van der Waals surface area contributed by atoms with E-state index in [-0.39, 0.29) is 17.5 Å². The number of rotatable bonds is 6. The van der Waals surface area contributed by atoms with E-state index in [0.717, 1.165) is 11.3 Å². The second-order valence-electron chi connectivity index (χ2n) is 5.91. The van der Waals surface area contributed by atoms with E-state index < -0.39 is 0 Å². The van der Waals surface area contributed by atoms with Crippen LogP contribution in [0.4, 0.5) is 10.1 Å². The molecule has 4 aromatic rings. The summed E-state index contributed by atoms with van der Waals surface area (Å²) in [6.45, 7) is 0. The minimum absolute atomic E-state index is 0.120. The maximum atomic E-state index is 13.2. The minimum atomic E-state index is -0.299. The predicted octanol–water partition coefficient (Wildman–Crippen LogP) is 4.99. The highest BCUT2D eigenvalue weighted by Crippen LogP contribution is 2.31. The van der Waals surface area contributed by atoms with Crippen LogP contribution in [0.2, 0.25) is 5.02 Å². The number of ether oxygens (including phenoxy) is 1. The number of thioether (sulfide) groups is 1. The molecule has 1 N–H and O–H groups in total. The van der Waals surface area contributed by atoms with E-state index in [1.165, 1.54) is 42.3 Å². The Balaban J connectivity index is 1.52. The SMILES string of the molecule is COc1ccc(Cl)cc1NC(=O)CSc1nnc2scc(-c3ccc(F)cc3)n12. The van der Waals surface area contributed by atoms with Crippen molar-refractivity contribution in [3.05, 3.63) is 58.7 Å². The molecule has 0 aliphatic rings. The summed E-state index contributed by atoms with van der Waals surface area (Å²) in [6.07, 6.45) is 0. The van der Waals surface area contributed by atoms with Crippen LogP contribution in [0.3, 0.4) is 0 Å². The van der Waals surface area contributed by atoms with Crippen LogP contribution < -0.4 is 10.1 Å². The van der Waals surface area contributed by atoms with Crippen molar-refractivity contribution in [3.8, 4) is 17.0 Å². The molecule has 0 spiro atoms. The fourth-order valence-corrected chi connectivity index (χ4v) is 4.52. The fraction of sp³-hybridized carbons (Fsp3) is 0.105. The lowest BCUT2D eigenvalue weighted by molar-refractivity contribution is -0.113. The third-order valence-corrected chi connectivity index (χ3v) is 6.01. The summed E-state index contributed by atoms with van der Waals surface area (Å²) < 4.78 is 20.3. The third-order valence-electron chi connectivity index (χ3n) is 4.03. The molecule has 6 nitrogen and oxygen atoms in total. The minimum Gasteiger partial charge on any atom is -0.495 e. The van der Waals surface area contributed by atoms with Gasteiger partial charge in [0.1, 0.15) is 11.6 Å². The maximum Gasteiger partial charge on any atom is 0.234 e. The van der Waals surface area contributed by atoms with Crippen LogP contribution >= 0.6 is 34.7 Å². The molecule has 0 saturated heterocycles. The Kier molecular flexibility index (Phi) is 5.70. The fourth-order valence-electron chi connectivity index (χ4n) is 2.71. The number of carbonyl (C=O) groups excluding carboxylic acids is 1. The Morgan fingerprint density at radius 2 is 2.07 bits per heavy atom. The molecule has 4 rings (SSSR count). The van der Waals surface area contributed by atoms with Crippen LogP contribution in [-0.2, 0) is 4.79 Å². The molecule has 0 radical (unpaired) electrons. The number of nitrogens with one attached hydrogen (secondary N) is 1. The van der Waals surface area contributed by atoms with E-state index in [4.69, 9.17) is 16.3 Å². The first-order valence-electron chi connectivity index (χ1n) is 8.40. The van der Waals surface area contributed by atoms with Crippen molar-refractivity contribution in [1.82, 2.24) is 14.6 Å². The Labute approximate surface area is 178 Å². The smallest absolute Gasteiger partial charge is 0.234 e. The number of carbonyl (C=O) groups is 1. The number of amides is 1. The van der Waals surface area contributed by atoms with Gasteiger partial charge in [-0.05, 0) is 48.0 Å². The molecule has 0 unspecified atom stereocenters. The number of methoxy groups -OCH3 is 1. The van der Waals surface area contributed by atoms with Gasteiger partial charge in [-0.25, -0.2) is 4.39 Å². The van der Waals surface area contributed by atoms with Crippen molar-refractivity contribution < 1.29 is 13.9 Å².